The summed E-state index contributed by atoms with van der Waals surface area (Å²) < 4.78 is 24.8. The number of halogens is 2. The molecule has 1 aromatic rings. The second kappa shape index (κ2) is 4.21. The second-order valence-electron chi connectivity index (χ2n) is 3.12. The number of nitro benzene ring substituents is 1. The van der Waals surface area contributed by atoms with E-state index in [1.54, 1.807) is 0 Å². The molecule has 0 radical (unpaired) electrons. The predicted octanol–water partition coefficient (Wildman–Crippen LogP) is 2.32. The Labute approximate surface area is 89.0 Å². The monoisotopic (exact) mass is 230 g/mol. The van der Waals surface area contributed by atoms with Crippen molar-refractivity contribution in [2.75, 3.05) is 5.73 Å². The van der Waals surface area contributed by atoms with Crippen LogP contribution in [-0.2, 0) is 0 Å². The predicted molar refractivity (Wildman–Crippen MR) is 52.5 cm³/mol. The molecule has 0 heterocycles. The van der Waals surface area contributed by atoms with Crippen molar-refractivity contribution in [3.8, 4) is 0 Å². The number of rotatable bonds is 3. The van der Waals surface area contributed by atoms with Crippen LogP contribution in [0, 0.1) is 10.1 Å². The van der Waals surface area contributed by atoms with Crippen LogP contribution in [0.25, 0.3) is 0 Å². The first-order valence-electron chi connectivity index (χ1n) is 4.21. The molecule has 0 aromatic heterocycles. The Morgan fingerprint density at radius 1 is 1.50 bits per heavy atom. The molecule has 0 bridgehead atoms. The van der Waals surface area contributed by atoms with Crippen LogP contribution in [0.5, 0.6) is 0 Å². The van der Waals surface area contributed by atoms with E-state index in [1.165, 1.54) is 0 Å². The van der Waals surface area contributed by atoms with Crippen LogP contribution in [0.15, 0.2) is 12.1 Å². The van der Waals surface area contributed by atoms with Gasteiger partial charge < -0.3 is 5.73 Å². The fourth-order valence-electron chi connectivity index (χ4n) is 1.23. The van der Waals surface area contributed by atoms with Crippen molar-refractivity contribution in [2.24, 2.45) is 0 Å². The van der Waals surface area contributed by atoms with Crippen molar-refractivity contribution in [3.05, 3.63) is 33.4 Å². The molecule has 0 unspecified atom stereocenters. The minimum Gasteiger partial charge on any atom is -0.393 e. The van der Waals surface area contributed by atoms with Crippen molar-refractivity contribution >= 4 is 17.2 Å². The van der Waals surface area contributed by atoms with Gasteiger partial charge in [0.25, 0.3) is 12.1 Å². The Morgan fingerprint density at radius 2 is 2.06 bits per heavy atom. The van der Waals surface area contributed by atoms with Crippen LogP contribution >= 0.6 is 0 Å². The number of alkyl halides is 2. The normalized spacial score (nSPS) is 10.5. The Kier molecular flexibility index (Phi) is 3.17. The van der Waals surface area contributed by atoms with E-state index >= 15 is 0 Å². The minimum absolute atomic E-state index is 0.260. The third kappa shape index (κ3) is 2.13. The zero-order chi connectivity index (χ0) is 12.5. The van der Waals surface area contributed by atoms with Gasteiger partial charge in [-0.2, -0.15) is 0 Å². The highest BCUT2D eigenvalue weighted by Crippen LogP contribution is 2.31. The van der Waals surface area contributed by atoms with Gasteiger partial charge in [0, 0.05) is 17.2 Å². The summed E-state index contributed by atoms with van der Waals surface area (Å²) in [6.45, 7) is 1.10. The molecule has 2 N–H and O–H groups in total. The highest BCUT2D eigenvalue weighted by Gasteiger charge is 2.22. The summed E-state index contributed by atoms with van der Waals surface area (Å²) in [5, 5.41) is 10.5. The van der Waals surface area contributed by atoms with Gasteiger partial charge in [-0.25, -0.2) is 8.78 Å². The van der Waals surface area contributed by atoms with E-state index in [2.05, 4.69) is 0 Å². The Hall–Kier alpha value is -2.05. The maximum absolute atomic E-state index is 12.4. The average molecular weight is 230 g/mol. The number of nitro groups is 1. The summed E-state index contributed by atoms with van der Waals surface area (Å²) in [5.41, 5.74) is 3.43. The van der Waals surface area contributed by atoms with Crippen LogP contribution in [0.4, 0.5) is 20.2 Å². The van der Waals surface area contributed by atoms with Gasteiger partial charge in [-0.1, -0.05) is 0 Å². The first-order valence-corrected chi connectivity index (χ1v) is 4.21. The zero-order valence-electron chi connectivity index (χ0n) is 8.24. The fourth-order valence-corrected chi connectivity index (χ4v) is 1.23. The summed E-state index contributed by atoms with van der Waals surface area (Å²) in [7, 11) is 0. The number of nitrogens with zero attached hydrogens (tertiary/aromatic N) is 1. The van der Waals surface area contributed by atoms with Crippen LogP contribution in [0.1, 0.15) is 29.3 Å². The van der Waals surface area contributed by atoms with Crippen LogP contribution in [-0.4, -0.2) is 10.7 Å². The molecule has 0 amide bonds. The van der Waals surface area contributed by atoms with Gasteiger partial charge in [0.15, 0.2) is 5.78 Å². The molecule has 0 spiro atoms. The number of benzene rings is 1. The molecule has 0 saturated heterocycles. The smallest absolute Gasteiger partial charge is 0.293 e. The summed E-state index contributed by atoms with van der Waals surface area (Å²) in [4.78, 5) is 20.7. The second-order valence-corrected chi connectivity index (χ2v) is 3.12. The topological polar surface area (TPSA) is 86.2 Å². The number of carbonyl (C=O) groups is 1. The maximum atomic E-state index is 12.4. The molecule has 1 rings (SSSR count). The SMILES string of the molecule is CC(=O)c1cc(C(F)F)cc([N+](=O)[O-])c1N. The molecule has 7 heteroatoms. The van der Waals surface area contributed by atoms with Gasteiger partial charge in [0.2, 0.25) is 0 Å². The Bertz CT molecular complexity index is 425. The van der Waals surface area contributed by atoms with Gasteiger partial charge >= 0.3 is 0 Å². The third-order valence-corrected chi connectivity index (χ3v) is 2.01. The van der Waals surface area contributed by atoms with Crippen molar-refractivity contribution in [1.82, 2.24) is 0 Å². The first kappa shape index (κ1) is 12.0. The van der Waals surface area contributed by atoms with Gasteiger partial charge in [0.05, 0.1) is 4.92 Å². The number of anilines is 1. The molecule has 16 heavy (non-hydrogen) atoms. The number of hydrogen-bond acceptors (Lipinski definition) is 4. The lowest BCUT2D eigenvalue weighted by molar-refractivity contribution is -0.384. The highest BCUT2D eigenvalue weighted by atomic mass is 19.3. The lowest BCUT2D eigenvalue weighted by atomic mass is 10.0. The molecular weight excluding hydrogens is 222 g/mol. The van der Waals surface area contributed by atoms with Crippen LogP contribution in [0.3, 0.4) is 0 Å². The molecule has 0 saturated carbocycles. The number of carbonyl (C=O) groups excluding carboxylic acids is 1. The van der Waals surface area contributed by atoms with E-state index in [0.717, 1.165) is 13.0 Å². The number of ketones is 1. The standard InChI is InChI=1S/C9H8F2N2O3/c1-4(14)6-2-5(9(10)11)3-7(8(6)12)13(15)16/h2-3,9H,12H2,1H3. The Balaban J connectivity index is 3.51. The first-order chi connectivity index (χ1) is 7.34. The molecule has 0 aliphatic heterocycles. The lowest BCUT2D eigenvalue weighted by Gasteiger charge is -2.06. The lowest BCUT2D eigenvalue weighted by Crippen LogP contribution is -2.05. The average Bonchev–Trinajstić information content (AvgIpc) is 2.16. The fraction of sp³-hybridized carbons (Fsp3) is 0.222. The van der Waals surface area contributed by atoms with Gasteiger partial charge in [0.1, 0.15) is 5.69 Å². The quantitative estimate of drug-likeness (QED) is 0.373. The summed E-state index contributed by atoms with van der Waals surface area (Å²) in [5.74, 6) is -0.594. The van der Waals surface area contributed by atoms with E-state index in [-0.39, 0.29) is 11.3 Å². The largest absolute Gasteiger partial charge is 0.393 e. The molecule has 1 aromatic carbocycles. The molecule has 0 aliphatic carbocycles. The summed E-state index contributed by atoms with van der Waals surface area (Å²) >= 11 is 0. The van der Waals surface area contributed by atoms with Gasteiger partial charge in [-0.15, -0.1) is 0 Å². The van der Waals surface area contributed by atoms with E-state index in [9.17, 15) is 23.7 Å². The van der Waals surface area contributed by atoms with Crippen molar-refractivity contribution in [2.45, 2.75) is 13.3 Å². The minimum atomic E-state index is -2.89. The number of hydrogen-bond donors (Lipinski definition) is 1. The van der Waals surface area contributed by atoms with Crippen LogP contribution < -0.4 is 5.73 Å². The van der Waals surface area contributed by atoms with Crippen LogP contribution in [0.2, 0.25) is 0 Å². The van der Waals surface area contributed by atoms with Gasteiger partial charge in [-0.05, 0) is 13.0 Å². The summed E-state index contributed by atoms with van der Waals surface area (Å²) in [6, 6.07) is 1.54. The van der Waals surface area contributed by atoms with Crippen molar-refractivity contribution in [1.29, 1.82) is 0 Å². The maximum Gasteiger partial charge on any atom is 0.293 e. The molecule has 0 fully saturated rings. The van der Waals surface area contributed by atoms with E-state index in [4.69, 9.17) is 5.73 Å². The van der Waals surface area contributed by atoms with E-state index in [0.29, 0.717) is 6.07 Å². The highest BCUT2D eigenvalue weighted by molar-refractivity contribution is 6.01. The number of nitrogens with two attached hydrogens (primary N) is 1. The van der Waals surface area contributed by atoms with Gasteiger partial charge in [-0.3, -0.25) is 14.9 Å². The number of Topliss-reactive ketones (excluding diaryl/α,β-unsaturated/α-hetero) is 1. The molecule has 86 valence electrons. The summed E-state index contributed by atoms with van der Waals surface area (Å²) in [6.07, 6.45) is -2.89. The zero-order valence-corrected chi connectivity index (χ0v) is 8.24. The molecule has 0 aliphatic rings. The van der Waals surface area contributed by atoms with Crippen molar-refractivity contribution < 1.29 is 18.5 Å². The van der Waals surface area contributed by atoms with E-state index in [1.807, 2.05) is 0 Å². The molecular formula is C9H8F2N2O3. The van der Waals surface area contributed by atoms with Crippen molar-refractivity contribution in [3.63, 3.8) is 0 Å². The van der Waals surface area contributed by atoms with E-state index < -0.39 is 28.4 Å². The Morgan fingerprint density at radius 3 is 2.44 bits per heavy atom. The third-order valence-electron chi connectivity index (χ3n) is 2.01. The number of nitrogen functional groups attached to an aromatic ring is 1. The molecule has 5 nitrogen and oxygen atoms in total. The molecule has 0 atom stereocenters.